The van der Waals surface area contributed by atoms with Crippen molar-refractivity contribution < 1.29 is 0 Å². The zero-order valence-corrected chi connectivity index (χ0v) is 12.7. The lowest BCUT2D eigenvalue weighted by molar-refractivity contribution is 1.15. The SMILES string of the molecule is Br.CNc1nc(-c2ccc(CCCl)cc2)cs1. The maximum Gasteiger partial charge on any atom is 0.182 e. The Hall–Kier alpha value is -0.580. The van der Waals surface area contributed by atoms with E-state index in [2.05, 4.69) is 39.9 Å². The number of alkyl halides is 1. The van der Waals surface area contributed by atoms with Crippen molar-refractivity contribution in [3.63, 3.8) is 0 Å². The number of nitrogens with zero attached hydrogens (tertiary/aromatic N) is 1. The van der Waals surface area contributed by atoms with E-state index in [9.17, 15) is 0 Å². The number of rotatable bonds is 4. The first-order chi connectivity index (χ1) is 7.83. The van der Waals surface area contributed by atoms with Gasteiger partial charge in [-0.3, -0.25) is 0 Å². The number of halogens is 2. The standard InChI is InChI=1S/C12H13ClN2S.BrH/c1-14-12-15-11(8-16-12)10-4-2-9(3-5-10)6-7-13;/h2-5,8H,6-7H2,1H3,(H,14,15);1H. The highest BCUT2D eigenvalue weighted by atomic mass is 79.9. The molecule has 1 aromatic carbocycles. The second kappa shape index (κ2) is 6.99. The van der Waals surface area contributed by atoms with Gasteiger partial charge < -0.3 is 5.32 Å². The summed E-state index contributed by atoms with van der Waals surface area (Å²) in [7, 11) is 1.88. The Morgan fingerprint density at radius 3 is 2.53 bits per heavy atom. The van der Waals surface area contributed by atoms with Crippen LogP contribution in [-0.4, -0.2) is 17.9 Å². The molecule has 0 aliphatic rings. The van der Waals surface area contributed by atoms with Crippen LogP contribution in [-0.2, 0) is 6.42 Å². The second-order valence-electron chi connectivity index (χ2n) is 3.42. The van der Waals surface area contributed by atoms with Crippen LogP contribution in [0.5, 0.6) is 0 Å². The van der Waals surface area contributed by atoms with E-state index in [4.69, 9.17) is 11.6 Å². The van der Waals surface area contributed by atoms with Gasteiger partial charge in [-0.25, -0.2) is 4.98 Å². The third-order valence-electron chi connectivity index (χ3n) is 2.35. The molecule has 2 rings (SSSR count). The summed E-state index contributed by atoms with van der Waals surface area (Å²) in [6.07, 6.45) is 0.917. The van der Waals surface area contributed by atoms with Gasteiger partial charge in [0.2, 0.25) is 0 Å². The van der Waals surface area contributed by atoms with Crippen LogP contribution in [0, 0.1) is 0 Å². The first kappa shape index (κ1) is 14.5. The summed E-state index contributed by atoms with van der Waals surface area (Å²) in [6.45, 7) is 0. The molecule has 1 aromatic heterocycles. The van der Waals surface area contributed by atoms with Gasteiger partial charge in [0.25, 0.3) is 0 Å². The molecular formula is C12H14BrClN2S. The van der Waals surface area contributed by atoms with Crippen molar-refractivity contribution in [3.8, 4) is 11.3 Å². The molecule has 5 heteroatoms. The number of nitrogens with one attached hydrogen (secondary N) is 1. The first-order valence-electron chi connectivity index (χ1n) is 5.12. The summed E-state index contributed by atoms with van der Waals surface area (Å²) < 4.78 is 0. The molecule has 0 atom stereocenters. The average molecular weight is 334 g/mol. The second-order valence-corrected chi connectivity index (χ2v) is 4.66. The normalized spacial score (nSPS) is 9.76. The monoisotopic (exact) mass is 332 g/mol. The molecule has 92 valence electrons. The molecule has 0 saturated heterocycles. The Kier molecular flexibility index (Phi) is 5.95. The first-order valence-corrected chi connectivity index (χ1v) is 6.53. The minimum Gasteiger partial charge on any atom is -0.365 e. The molecule has 17 heavy (non-hydrogen) atoms. The van der Waals surface area contributed by atoms with Crippen LogP contribution >= 0.6 is 39.9 Å². The molecule has 0 unspecified atom stereocenters. The van der Waals surface area contributed by atoms with Gasteiger partial charge in [-0.15, -0.1) is 39.9 Å². The summed E-state index contributed by atoms with van der Waals surface area (Å²) >= 11 is 7.31. The summed E-state index contributed by atoms with van der Waals surface area (Å²) in [4.78, 5) is 4.46. The molecule has 0 amide bonds. The molecule has 0 fully saturated rings. The van der Waals surface area contributed by atoms with Gasteiger partial charge in [0.15, 0.2) is 5.13 Å². The number of aromatic nitrogens is 1. The number of aryl methyl sites for hydroxylation is 1. The van der Waals surface area contributed by atoms with E-state index < -0.39 is 0 Å². The predicted octanol–water partition coefficient (Wildman–Crippen LogP) is 4.21. The third kappa shape index (κ3) is 3.69. The minimum absolute atomic E-state index is 0. The molecule has 0 saturated carbocycles. The molecule has 2 nitrogen and oxygen atoms in total. The van der Waals surface area contributed by atoms with Gasteiger partial charge in [-0.2, -0.15) is 0 Å². The fourth-order valence-corrected chi connectivity index (χ4v) is 2.37. The minimum atomic E-state index is 0. The summed E-state index contributed by atoms with van der Waals surface area (Å²) in [5.41, 5.74) is 3.44. The zero-order valence-electron chi connectivity index (χ0n) is 9.44. The fraction of sp³-hybridized carbons (Fsp3) is 0.250. The third-order valence-corrected chi connectivity index (χ3v) is 3.40. The average Bonchev–Trinajstić information content (AvgIpc) is 2.79. The van der Waals surface area contributed by atoms with Crippen molar-refractivity contribution in [3.05, 3.63) is 35.2 Å². The zero-order chi connectivity index (χ0) is 11.4. The number of thiazole rings is 1. The topological polar surface area (TPSA) is 24.9 Å². The van der Waals surface area contributed by atoms with Crippen molar-refractivity contribution in [1.82, 2.24) is 4.98 Å². The van der Waals surface area contributed by atoms with E-state index in [0.29, 0.717) is 5.88 Å². The van der Waals surface area contributed by atoms with Crippen molar-refractivity contribution in [2.24, 2.45) is 0 Å². The van der Waals surface area contributed by atoms with Crippen molar-refractivity contribution >= 4 is 45.1 Å². The lowest BCUT2D eigenvalue weighted by atomic mass is 10.1. The van der Waals surface area contributed by atoms with Crippen molar-refractivity contribution in [2.45, 2.75) is 6.42 Å². The van der Waals surface area contributed by atoms with E-state index in [-0.39, 0.29) is 17.0 Å². The molecule has 0 spiro atoms. The van der Waals surface area contributed by atoms with Crippen LogP contribution in [0.15, 0.2) is 29.6 Å². The Balaban J connectivity index is 0.00000144. The van der Waals surface area contributed by atoms with E-state index in [0.717, 1.165) is 22.8 Å². The number of anilines is 1. The predicted molar refractivity (Wildman–Crippen MR) is 81.8 cm³/mol. The van der Waals surface area contributed by atoms with Crippen LogP contribution in [0.1, 0.15) is 5.56 Å². The molecule has 1 N–H and O–H groups in total. The largest absolute Gasteiger partial charge is 0.365 e. The summed E-state index contributed by atoms with van der Waals surface area (Å²) in [5.74, 6) is 0.667. The van der Waals surface area contributed by atoms with Crippen LogP contribution < -0.4 is 5.32 Å². The molecule has 0 aliphatic carbocycles. The number of hydrogen-bond donors (Lipinski definition) is 1. The van der Waals surface area contributed by atoms with Gasteiger partial charge in [0, 0.05) is 23.9 Å². The molecule has 2 aromatic rings. The van der Waals surface area contributed by atoms with Gasteiger partial charge in [-0.1, -0.05) is 24.3 Å². The highest BCUT2D eigenvalue weighted by Crippen LogP contribution is 2.24. The molecule has 0 aliphatic heterocycles. The Morgan fingerprint density at radius 2 is 2.00 bits per heavy atom. The molecular weight excluding hydrogens is 320 g/mol. The summed E-state index contributed by atoms with van der Waals surface area (Å²) in [6, 6.07) is 8.40. The maximum atomic E-state index is 5.70. The Morgan fingerprint density at radius 1 is 1.29 bits per heavy atom. The van der Waals surface area contributed by atoms with E-state index in [1.54, 1.807) is 11.3 Å². The lowest BCUT2D eigenvalue weighted by Gasteiger charge is -2.00. The fourth-order valence-electron chi connectivity index (χ4n) is 1.47. The van der Waals surface area contributed by atoms with Crippen LogP contribution in [0.3, 0.4) is 0 Å². The van der Waals surface area contributed by atoms with E-state index in [1.807, 2.05) is 7.05 Å². The van der Waals surface area contributed by atoms with Crippen LogP contribution in [0.4, 0.5) is 5.13 Å². The summed E-state index contributed by atoms with van der Waals surface area (Å²) in [5, 5.41) is 6.04. The smallest absolute Gasteiger partial charge is 0.182 e. The van der Waals surface area contributed by atoms with Crippen LogP contribution in [0.25, 0.3) is 11.3 Å². The number of hydrogen-bond acceptors (Lipinski definition) is 3. The van der Waals surface area contributed by atoms with Gasteiger partial charge >= 0.3 is 0 Å². The van der Waals surface area contributed by atoms with E-state index in [1.165, 1.54) is 5.56 Å². The lowest BCUT2D eigenvalue weighted by Crippen LogP contribution is -1.87. The quantitative estimate of drug-likeness (QED) is 0.848. The van der Waals surface area contributed by atoms with Gasteiger partial charge in [-0.05, 0) is 12.0 Å². The van der Waals surface area contributed by atoms with Gasteiger partial charge in [0.1, 0.15) is 0 Å². The highest BCUT2D eigenvalue weighted by molar-refractivity contribution is 8.93. The van der Waals surface area contributed by atoms with Crippen LogP contribution in [0.2, 0.25) is 0 Å². The molecule has 0 bridgehead atoms. The van der Waals surface area contributed by atoms with Crippen molar-refractivity contribution in [2.75, 3.05) is 18.2 Å². The highest BCUT2D eigenvalue weighted by Gasteiger charge is 2.03. The van der Waals surface area contributed by atoms with Gasteiger partial charge in [0.05, 0.1) is 5.69 Å². The molecule has 1 heterocycles. The van der Waals surface area contributed by atoms with Crippen molar-refractivity contribution in [1.29, 1.82) is 0 Å². The number of benzene rings is 1. The maximum absolute atomic E-state index is 5.70. The Bertz CT molecular complexity index is 456. The molecule has 0 radical (unpaired) electrons. The Labute approximate surface area is 121 Å². The van der Waals surface area contributed by atoms with E-state index >= 15 is 0 Å².